The van der Waals surface area contributed by atoms with E-state index in [0.717, 1.165) is 18.4 Å². The van der Waals surface area contributed by atoms with Crippen LogP contribution in [0.2, 0.25) is 0 Å². The third kappa shape index (κ3) is 4.89. The van der Waals surface area contributed by atoms with E-state index >= 15 is 0 Å². The predicted octanol–water partition coefficient (Wildman–Crippen LogP) is 3.68. The molecule has 0 aromatic heterocycles. The Hall–Kier alpha value is -0.0800. The monoisotopic (exact) mass is 255 g/mol. The van der Waals surface area contributed by atoms with Gasteiger partial charge in [-0.1, -0.05) is 34.1 Å². The van der Waals surface area contributed by atoms with E-state index in [2.05, 4.69) is 32.6 Å². The number of aliphatic hydroxyl groups excluding tert-OH is 1. The molecule has 1 aliphatic carbocycles. The van der Waals surface area contributed by atoms with Crippen LogP contribution in [0, 0.1) is 11.8 Å². The van der Waals surface area contributed by atoms with Crippen LogP contribution in [0.25, 0.3) is 0 Å². The molecule has 2 heteroatoms. The van der Waals surface area contributed by atoms with E-state index in [4.69, 9.17) is 0 Å². The largest absolute Gasteiger partial charge is 0.393 e. The van der Waals surface area contributed by atoms with E-state index in [1.807, 2.05) is 0 Å². The summed E-state index contributed by atoms with van der Waals surface area (Å²) in [6.07, 6.45) is 7.14. The van der Waals surface area contributed by atoms with E-state index in [1.165, 1.54) is 45.2 Å². The fourth-order valence-corrected chi connectivity index (χ4v) is 3.38. The molecule has 0 saturated heterocycles. The standard InChI is InChI=1S/C16H33NO/c1-5-15(6-2)17(12-13(3)4)11-10-14-8-7-9-16(14)18/h13-16,18H,5-12H2,1-4H3. The lowest BCUT2D eigenvalue weighted by atomic mass is 9.99. The molecular weight excluding hydrogens is 222 g/mol. The summed E-state index contributed by atoms with van der Waals surface area (Å²) in [5.74, 6) is 1.30. The number of aliphatic hydroxyl groups is 1. The lowest BCUT2D eigenvalue weighted by molar-refractivity contribution is 0.103. The summed E-state index contributed by atoms with van der Waals surface area (Å²) < 4.78 is 0. The molecule has 0 bridgehead atoms. The molecule has 0 aromatic carbocycles. The van der Waals surface area contributed by atoms with Crippen molar-refractivity contribution in [2.45, 2.75) is 78.4 Å². The van der Waals surface area contributed by atoms with Crippen molar-refractivity contribution >= 4 is 0 Å². The molecule has 0 spiro atoms. The van der Waals surface area contributed by atoms with E-state index in [0.29, 0.717) is 5.92 Å². The topological polar surface area (TPSA) is 23.5 Å². The second-order valence-electron chi connectivity index (χ2n) is 6.41. The van der Waals surface area contributed by atoms with Gasteiger partial charge in [-0.05, 0) is 50.5 Å². The Labute approximate surface area is 114 Å². The summed E-state index contributed by atoms with van der Waals surface area (Å²) in [6, 6.07) is 0.728. The molecule has 1 N–H and O–H groups in total. The minimum Gasteiger partial charge on any atom is -0.393 e. The van der Waals surface area contributed by atoms with E-state index in [-0.39, 0.29) is 6.10 Å². The third-order valence-corrected chi connectivity index (χ3v) is 4.46. The van der Waals surface area contributed by atoms with Gasteiger partial charge in [-0.3, -0.25) is 0 Å². The highest BCUT2D eigenvalue weighted by molar-refractivity contribution is 4.79. The Morgan fingerprint density at radius 2 is 1.83 bits per heavy atom. The molecule has 0 aliphatic heterocycles. The summed E-state index contributed by atoms with van der Waals surface area (Å²) in [5, 5.41) is 9.92. The van der Waals surface area contributed by atoms with Gasteiger partial charge in [-0.15, -0.1) is 0 Å². The predicted molar refractivity (Wildman–Crippen MR) is 78.7 cm³/mol. The fourth-order valence-electron chi connectivity index (χ4n) is 3.38. The van der Waals surface area contributed by atoms with Crippen molar-refractivity contribution in [3.05, 3.63) is 0 Å². The Morgan fingerprint density at radius 3 is 2.28 bits per heavy atom. The molecule has 0 radical (unpaired) electrons. The molecule has 2 unspecified atom stereocenters. The van der Waals surface area contributed by atoms with Gasteiger partial charge in [0.15, 0.2) is 0 Å². The minimum absolute atomic E-state index is 0.0207. The molecular formula is C16H33NO. The van der Waals surface area contributed by atoms with Crippen LogP contribution in [0.4, 0.5) is 0 Å². The van der Waals surface area contributed by atoms with Gasteiger partial charge < -0.3 is 10.0 Å². The number of hydrogen-bond acceptors (Lipinski definition) is 2. The summed E-state index contributed by atoms with van der Waals surface area (Å²) in [4.78, 5) is 2.66. The summed E-state index contributed by atoms with van der Waals surface area (Å²) in [5.41, 5.74) is 0. The van der Waals surface area contributed by atoms with Crippen LogP contribution in [0.1, 0.15) is 66.2 Å². The van der Waals surface area contributed by atoms with Gasteiger partial charge in [0.25, 0.3) is 0 Å². The Kier molecular flexibility index (Phi) is 7.25. The van der Waals surface area contributed by atoms with E-state index in [9.17, 15) is 5.11 Å². The van der Waals surface area contributed by atoms with Gasteiger partial charge in [0.05, 0.1) is 6.10 Å². The average Bonchev–Trinajstić information content (AvgIpc) is 2.72. The van der Waals surface area contributed by atoms with Crippen molar-refractivity contribution in [2.24, 2.45) is 11.8 Å². The quantitative estimate of drug-likeness (QED) is 0.715. The lowest BCUT2D eigenvalue weighted by Crippen LogP contribution is -2.39. The van der Waals surface area contributed by atoms with Crippen LogP contribution in [0.3, 0.4) is 0 Å². The van der Waals surface area contributed by atoms with Crippen molar-refractivity contribution in [2.75, 3.05) is 13.1 Å². The number of nitrogens with zero attached hydrogens (tertiary/aromatic N) is 1. The first-order valence-electron chi connectivity index (χ1n) is 8.00. The summed E-state index contributed by atoms with van der Waals surface area (Å²) in [7, 11) is 0. The molecule has 1 rings (SSSR count). The Balaban J connectivity index is 2.44. The zero-order valence-electron chi connectivity index (χ0n) is 12.9. The van der Waals surface area contributed by atoms with Crippen molar-refractivity contribution in [3.8, 4) is 0 Å². The third-order valence-electron chi connectivity index (χ3n) is 4.46. The molecule has 2 nitrogen and oxygen atoms in total. The van der Waals surface area contributed by atoms with E-state index < -0.39 is 0 Å². The van der Waals surface area contributed by atoms with Crippen molar-refractivity contribution in [1.82, 2.24) is 4.90 Å². The second-order valence-corrected chi connectivity index (χ2v) is 6.41. The Morgan fingerprint density at radius 1 is 1.17 bits per heavy atom. The number of rotatable bonds is 8. The van der Waals surface area contributed by atoms with Crippen LogP contribution in [-0.4, -0.2) is 35.2 Å². The van der Waals surface area contributed by atoms with Gasteiger partial charge >= 0.3 is 0 Å². The van der Waals surface area contributed by atoms with Crippen molar-refractivity contribution in [3.63, 3.8) is 0 Å². The van der Waals surface area contributed by atoms with Crippen LogP contribution in [0.5, 0.6) is 0 Å². The van der Waals surface area contributed by atoms with Crippen LogP contribution in [-0.2, 0) is 0 Å². The lowest BCUT2D eigenvalue weighted by Gasteiger charge is -2.33. The first kappa shape index (κ1) is 16.0. The van der Waals surface area contributed by atoms with Gasteiger partial charge in [0.1, 0.15) is 0 Å². The maximum atomic E-state index is 9.92. The normalized spacial score (nSPS) is 24.7. The zero-order valence-corrected chi connectivity index (χ0v) is 12.9. The first-order valence-corrected chi connectivity index (χ1v) is 8.00. The molecule has 108 valence electrons. The SMILES string of the molecule is CCC(CC)N(CCC1CCCC1O)CC(C)C. The molecule has 0 aromatic rings. The maximum Gasteiger partial charge on any atom is 0.0568 e. The molecule has 18 heavy (non-hydrogen) atoms. The second kappa shape index (κ2) is 8.16. The Bertz CT molecular complexity index is 213. The van der Waals surface area contributed by atoms with Gasteiger partial charge in [-0.2, -0.15) is 0 Å². The highest BCUT2D eigenvalue weighted by atomic mass is 16.3. The van der Waals surface area contributed by atoms with Crippen molar-refractivity contribution in [1.29, 1.82) is 0 Å². The highest BCUT2D eigenvalue weighted by Crippen LogP contribution is 2.29. The first-order chi connectivity index (χ1) is 8.58. The van der Waals surface area contributed by atoms with Gasteiger partial charge in [0, 0.05) is 12.6 Å². The molecule has 1 fully saturated rings. The molecule has 1 aliphatic rings. The molecule has 0 amide bonds. The summed E-state index contributed by atoms with van der Waals surface area (Å²) in [6.45, 7) is 11.6. The van der Waals surface area contributed by atoms with E-state index in [1.54, 1.807) is 0 Å². The van der Waals surface area contributed by atoms with Crippen LogP contribution in [0.15, 0.2) is 0 Å². The molecule has 1 saturated carbocycles. The van der Waals surface area contributed by atoms with Crippen molar-refractivity contribution < 1.29 is 5.11 Å². The molecule has 2 atom stereocenters. The maximum absolute atomic E-state index is 9.92. The fraction of sp³-hybridized carbons (Fsp3) is 1.00. The average molecular weight is 255 g/mol. The van der Waals surface area contributed by atoms with Crippen LogP contribution >= 0.6 is 0 Å². The van der Waals surface area contributed by atoms with Crippen LogP contribution < -0.4 is 0 Å². The minimum atomic E-state index is -0.0207. The zero-order chi connectivity index (χ0) is 13.5. The molecule has 0 heterocycles. The smallest absolute Gasteiger partial charge is 0.0568 e. The van der Waals surface area contributed by atoms with Gasteiger partial charge in [-0.25, -0.2) is 0 Å². The highest BCUT2D eigenvalue weighted by Gasteiger charge is 2.26. The number of hydrogen-bond donors (Lipinski definition) is 1. The van der Waals surface area contributed by atoms with Gasteiger partial charge in [0.2, 0.25) is 0 Å². The summed E-state index contributed by atoms with van der Waals surface area (Å²) >= 11 is 0.